The summed E-state index contributed by atoms with van der Waals surface area (Å²) in [5.74, 6) is 2.66. The molecule has 1 atom stereocenters. The number of rotatable bonds is 5. The monoisotopic (exact) mass is 694 g/mol. The van der Waals surface area contributed by atoms with E-state index in [4.69, 9.17) is 23.8 Å². The van der Waals surface area contributed by atoms with Gasteiger partial charge in [0.1, 0.15) is 28.6 Å². The minimum atomic E-state index is -0.312. The van der Waals surface area contributed by atoms with Gasteiger partial charge >= 0.3 is 0 Å². The van der Waals surface area contributed by atoms with Gasteiger partial charge < -0.3 is 14.2 Å². The molecule has 1 aliphatic heterocycles. The lowest BCUT2D eigenvalue weighted by atomic mass is 9.91. The number of aromatic nitrogens is 3. The van der Waals surface area contributed by atoms with Crippen molar-refractivity contribution in [2.45, 2.75) is 6.04 Å². The summed E-state index contributed by atoms with van der Waals surface area (Å²) in [6.07, 6.45) is 3.87. The number of benzene rings is 7. The second kappa shape index (κ2) is 12.1. The smallest absolute Gasteiger partial charge is 0.163 e. The van der Waals surface area contributed by atoms with Crippen LogP contribution in [0.2, 0.25) is 0 Å². The van der Waals surface area contributed by atoms with E-state index in [2.05, 4.69) is 102 Å². The highest BCUT2D eigenvalue weighted by Gasteiger charge is 2.28. The van der Waals surface area contributed by atoms with E-state index in [1.807, 2.05) is 72.9 Å². The zero-order valence-electron chi connectivity index (χ0n) is 28.9. The molecule has 0 radical (unpaired) electrons. The van der Waals surface area contributed by atoms with Crippen molar-refractivity contribution in [3.63, 3.8) is 0 Å². The van der Waals surface area contributed by atoms with Crippen LogP contribution in [-0.2, 0) is 0 Å². The van der Waals surface area contributed by atoms with Crippen molar-refractivity contribution in [1.82, 2.24) is 20.3 Å². The lowest BCUT2D eigenvalue weighted by Crippen LogP contribution is -2.23. The summed E-state index contributed by atoms with van der Waals surface area (Å²) in [7, 11) is 0. The van der Waals surface area contributed by atoms with Crippen LogP contribution in [0.25, 0.3) is 94.8 Å². The van der Waals surface area contributed by atoms with E-state index in [-0.39, 0.29) is 6.04 Å². The maximum atomic E-state index is 6.25. The summed E-state index contributed by atoms with van der Waals surface area (Å²) in [6.45, 7) is 0. The van der Waals surface area contributed by atoms with Crippen LogP contribution in [0, 0.1) is 0 Å². The number of fused-ring (bicyclic) bond motifs is 7. The molecule has 54 heavy (non-hydrogen) atoms. The maximum absolute atomic E-state index is 6.25. The van der Waals surface area contributed by atoms with Gasteiger partial charge in [0.25, 0.3) is 0 Å². The topological polar surface area (TPSA) is 77.0 Å². The summed E-state index contributed by atoms with van der Waals surface area (Å²) in [4.78, 5) is 15.2. The molecule has 1 N–H and O–H groups in total. The van der Waals surface area contributed by atoms with Gasteiger partial charge in [0, 0.05) is 39.0 Å². The molecule has 0 fully saturated rings. The van der Waals surface area contributed by atoms with Crippen LogP contribution >= 0.6 is 0 Å². The first-order valence-corrected chi connectivity index (χ1v) is 18.1. The maximum Gasteiger partial charge on any atom is 0.163 e. The largest absolute Gasteiger partial charge is 0.456 e. The lowest BCUT2D eigenvalue weighted by Gasteiger charge is -2.20. The van der Waals surface area contributed by atoms with Crippen LogP contribution in [-0.4, -0.2) is 15.0 Å². The summed E-state index contributed by atoms with van der Waals surface area (Å²) in [6, 6.07) is 54.1. The SMILES string of the molecule is C1=Cc2oc3ccccc3c2C(c2nc(-c3ccccc3)nc(-c3ccc(-c4cccc5c(-c6cccc7oc8ccccc8c67)cccc45)cc3)n2)N1. The predicted octanol–water partition coefficient (Wildman–Crippen LogP) is 12.0. The minimum Gasteiger partial charge on any atom is -0.456 e. The van der Waals surface area contributed by atoms with E-state index in [1.165, 1.54) is 16.3 Å². The van der Waals surface area contributed by atoms with Crippen LogP contribution in [0.1, 0.15) is 23.2 Å². The molecule has 1 aliphatic rings. The van der Waals surface area contributed by atoms with Crippen molar-refractivity contribution in [2.24, 2.45) is 0 Å². The highest BCUT2D eigenvalue weighted by molar-refractivity contribution is 6.16. The molecule has 254 valence electrons. The molecule has 0 saturated heterocycles. The molecule has 1 unspecified atom stereocenters. The Labute approximate surface area is 310 Å². The Bertz CT molecular complexity index is 3090. The van der Waals surface area contributed by atoms with Crippen molar-refractivity contribution in [2.75, 3.05) is 0 Å². The average Bonchev–Trinajstić information content (AvgIpc) is 3.82. The Morgan fingerprint density at radius 1 is 0.426 bits per heavy atom. The predicted molar refractivity (Wildman–Crippen MR) is 217 cm³/mol. The van der Waals surface area contributed by atoms with Gasteiger partial charge in [-0.25, -0.2) is 15.0 Å². The number of para-hydroxylation sites is 2. The Balaban J connectivity index is 1.01. The molecule has 11 rings (SSSR count). The minimum absolute atomic E-state index is 0.312. The molecule has 10 aromatic rings. The lowest BCUT2D eigenvalue weighted by molar-refractivity contribution is 0.574. The summed E-state index contributed by atoms with van der Waals surface area (Å²) in [5, 5.41) is 9.18. The van der Waals surface area contributed by atoms with E-state index in [1.54, 1.807) is 0 Å². The van der Waals surface area contributed by atoms with Gasteiger partial charge in [-0.05, 0) is 57.3 Å². The molecule has 0 spiro atoms. The molecule has 0 amide bonds. The fourth-order valence-electron chi connectivity index (χ4n) is 7.97. The molecule has 6 nitrogen and oxygen atoms in total. The van der Waals surface area contributed by atoms with Gasteiger partial charge in [0.15, 0.2) is 17.5 Å². The second-order valence-corrected chi connectivity index (χ2v) is 13.6. The standard InChI is InChI=1S/C48H30N4O2/c1-2-11-30(12-3-1)46-50-47(52-48(51-46)45-44-38-14-5-7-21-40(38)54-42(44)27-28-49-45)31-25-23-29(24-26-31)32-15-8-17-34-33(32)16-9-18-35(34)36-19-10-22-41-43(36)37-13-4-6-20-39(37)53-41/h1-28,45,49H. The van der Waals surface area contributed by atoms with Crippen molar-refractivity contribution >= 4 is 49.8 Å². The number of nitrogens with zero attached hydrogens (tertiary/aromatic N) is 3. The number of hydrogen-bond acceptors (Lipinski definition) is 6. The van der Waals surface area contributed by atoms with E-state index in [0.717, 1.165) is 72.0 Å². The van der Waals surface area contributed by atoms with Crippen molar-refractivity contribution in [3.05, 3.63) is 181 Å². The molecular weight excluding hydrogens is 665 g/mol. The van der Waals surface area contributed by atoms with Gasteiger partial charge in [-0.2, -0.15) is 0 Å². The van der Waals surface area contributed by atoms with Crippen molar-refractivity contribution in [3.8, 4) is 45.0 Å². The van der Waals surface area contributed by atoms with E-state index >= 15 is 0 Å². The number of nitrogens with one attached hydrogen (secondary N) is 1. The van der Waals surface area contributed by atoms with Crippen molar-refractivity contribution in [1.29, 1.82) is 0 Å². The summed E-state index contributed by atoms with van der Waals surface area (Å²) >= 11 is 0. The van der Waals surface area contributed by atoms with Gasteiger partial charge in [0.05, 0.1) is 0 Å². The van der Waals surface area contributed by atoms with Crippen LogP contribution in [0.4, 0.5) is 0 Å². The van der Waals surface area contributed by atoms with Crippen LogP contribution in [0.5, 0.6) is 0 Å². The molecule has 6 heteroatoms. The Morgan fingerprint density at radius 2 is 1.00 bits per heavy atom. The second-order valence-electron chi connectivity index (χ2n) is 13.6. The normalized spacial score (nSPS) is 13.8. The van der Waals surface area contributed by atoms with Crippen LogP contribution in [0.3, 0.4) is 0 Å². The first kappa shape index (κ1) is 30.3. The number of hydrogen-bond donors (Lipinski definition) is 1. The fraction of sp³-hybridized carbons (Fsp3) is 0.0208. The van der Waals surface area contributed by atoms with Crippen LogP contribution in [0.15, 0.2) is 173 Å². The zero-order valence-corrected chi connectivity index (χ0v) is 28.9. The van der Waals surface area contributed by atoms with E-state index in [9.17, 15) is 0 Å². The zero-order chi connectivity index (χ0) is 35.6. The Hall–Kier alpha value is -7.31. The van der Waals surface area contributed by atoms with Gasteiger partial charge in [-0.1, -0.05) is 140 Å². The van der Waals surface area contributed by atoms with Gasteiger partial charge in [0.2, 0.25) is 0 Å². The molecule has 7 aromatic carbocycles. The molecule has 4 heterocycles. The third kappa shape index (κ3) is 4.85. The molecule has 0 aliphatic carbocycles. The third-order valence-electron chi connectivity index (χ3n) is 10.5. The first-order valence-electron chi connectivity index (χ1n) is 18.1. The van der Waals surface area contributed by atoms with Crippen molar-refractivity contribution < 1.29 is 8.83 Å². The van der Waals surface area contributed by atoms with E-state index in [0.29, 0.717) is 17.5 Å². The molecular formula is C48H30N4O2. The van der Waals surface area contributed by atoms with Gasteiger partial charge in [-0.3, -0.25) is 0 Å². The highest BCUT2D eigenvalue weighted by atomic mass is 16.3. The summed E-state index contributed by atoms with van der Waals surface area (Å²) in [5.41, 5.74) is 10.1. The Morgan fingerprint density at radius 3 is 1.80 bits per heavy atom. The van der Waals surface area contributed by atoms with E-state index < -0.39 is 0 Å². The summed E-state index contributed by atoms with van der Waals surface area (Å²) < 4.78 is 12.5. The Kier molecular flexibility index (Phi) is 6.82. The van der Waals surface area contributed by atoms with Crippen LogP contribution < -0.4 is 5.32 Å². The highest BCUT2D eigenvalue weighted by Crippen LogP contribution is 2.42. The third-order valence-corrected chi connectivity index (χ3v) is 10.5. The molecule has 3 aromatic heterocycles. The van der Waals surface area contributed by atoms with Gasteiger partial charge in [-0.15, -0.1) is 0 Å². The first-order chi connectivity index (χ1) is 26.8. The molecule has 0 saturated carbocycles. The fourth-order valence-corrected chi connectivity index (χ4v) is 7.97. The number of furan rings is 2. The quantitative estimate of drug-likeness (QED) is 0.193. The molecule has 0 bridgehead atoms. The average molecular weight is 695 g/mol.